The second-order valence-corrected chi connectivity index (χ2v) is 3.19. The maximum absolute atomic E-state index is 10.3. The number of aldehydes is 1. The number of hydrogen-bond acceptors (Lipinski definition) is 2. The molecule has 0 radical (unpaired) electrons. The average molecular weight is 226 g/mol. The lowest BCUT2D eigenvalue weighted by Gasteiger charge is -2.22. The summed E-state index contributed by atoms with van der Waals surface area (Å²) in [5.74, 6) is -0.505. The third kappa shape index (κ3) is 15.3. The first-order valence-corrected chi connectivity index (χ1v) is 5.40. The van der Waals surface area contributed by atoms with E-state index in [2.05, 4.69) is 26.1 Å². The molecule has 4 heteroatoms. The van der Waals surface area contributed by atoms with Gasteiger partial charge in [0.15, 0.2) is 0 Å². The Balaban J connectivity index is 0. The standard InChI is InChI=1S/C7H12N2O2.C5H10/c1-2-3-9-6(5-10)4-7(8)11;1-3-5-4-2/h5-6H,1-4H2,(H2,8,11);1-5H2/t6-;/m1./s1. The SMILES string of the molecule is [CH2+]CCC[CH2-].[CH2+]CC[N-][C@@H](C=O)CC(N)=O. The summed E-state index contributed by atoms with van der Waals surface area (Å²) >= 11 is 0. The summed E-state index contributed by atoms with van der Waals surface area (Å²) in [5.41, 5.74) is 4.87. The molecule has 1 atom stereocenters. The molecule has 0 fully saturated rings. The minimum absolute atomic E-state index is 0.00347. The smallest absolute Gasteiger partial charge is 0.216 e. The summed E-state index contributed by atoms with van der Waals surface area (Å²) < 4.78 is 0. The zero-order chi connectivity index (χ0) is 12.8. The highest BCUT2D eigenvalue weighted by Gasteiger charge is 1.99. The Bertz CT molecular complexity index is 170. The van der Waals surface area contributed by atoms with Crippen LogP contribution in [-0.4, -0.2) is 24.8 Å². The van der Waals surface area contributed by atoms with Crippen LogP contribution in [0.15, 0.2) is 0 Å². The predicted molar refractivity (Wildman–Crippen MR) is 66.4 cm³/mol. The van der Waals surface area contributed by atoms with Crippen LogP contribution in [0.3, 0.4) is 0 Å². The Morgan fingerprint density at radius 3 is 2.31 bits per heavy atom. The number of nitrogens with two attached hydrogens (primary N) is 1. The van der Waals surface area contributed by atoms with Gasteiger partial charge in [-0.2, -0.15) is 6.42 Å². The molecule has 0 unspecified atom stereocenters. The molecule has 0 saturated heterocycles. The van der Waals surface area contributed by atoms with Crippen LogP contribution in [0.2, 0.25) is 0 Å². The number of hydrogen-bond donors (Lipinski definition) is 1. The summed E-state index contributed by atoms with van der Waals surface area (Å²) in [5, 5.41) is 3.87. The molecule has 0 aromatic carbocycles. The molecule has 0 bridgehead atoms. The van der Waals surface area contributed by atoms with Crippen LogP contribution in [0, 0.1) is 20.8 Å². The van der Waals surface area contributed by atoms with Crippen molar-refractivity contribution in [3.63, 3.8) is 0 Å². The van der Waals surface area contributed by atoms with Crippen LogP contribution >= 0.6 is 0 Å². The van der Waals surface area contributed by atoms with E-state index in [-0.39, 0.29) is 6.42 Å². The van der Waals surface area contributed by atoms with E-state index < -0.39 is 11.9 Å². The van der Waals surface area contributed by atoms with Crippen molar-refractivity contribution < 1.29 is 9.59 Å². The highest BCUT2D eigenvalue weighted by molar-refractivity contribution is 5.79. The predicted octanol–water partition coefficient (Wildman–Crippen LogP) is 1.85. The van der Waals surface area contributed by atoms with Crippen molar-refractivity contribution in [2.24, 2.45) is 5.73 Å². The van der Waals surface area contributed by atoms with Gasteiger partial charge in [0.25, 0.3) is 0 Å². The second-order valence-electron chi connectivity index (χ2n) is 3.19. The van der Waals surface area contributed by atoms with Gasteiger partial charge in [-0.15, -0.1) is 6.54 Å². The van der Waals surface area contributed by atoms with Gasteiger partial charge in [0, 0.05) is 6.42 Å². The monoisotopic (exact) mass is 226 g/mol. The Morgan fingerprint density at radius 2 is 2.06 bits per heavy atom. The first kappa shape index (κ1) is 17.2. The van der Waals surface area contributed by atoms with Crippen LogP contribution in [-0.2, 0) is 9.59 Å². The topological polar surface area (TPSA) is 74.3 Å². The number of carbonyl (C=O) groups excluding carboxylic acids is 2. The summed E-state index contributed by atoms with van der Waals surface area (Å²) in [6, 6.07) is -0.575. The molecule has 92 valence electrons. The fourth-order valence-electron chi connectivity index (χ4n) is 0.796. The molecule has 0 aromatic heterocycles. The van der Waals surface area contributed by atoms with Crippen LogP contribution < -0.4 is 5.73 Å². The summed E-state index contributed by atoms with van der Waals surface area (Å²) in [7, 11) is 0. The second kappa shape index (κ2) is 13.8. The number of carbonyl (C=O) groups is 2. The first-order chi connectivity index (χ1) is 7.62. The number of primary amides is 1. The fraction of sp³-hybridized carbons (Fsp3) is 0.583. The zero-order valence-corrected chi connectivity index (χ0v) is 9.86. The Hall–Kier alpha value is -1.16. The van der Waals surface area contributed by atoms with Gasteiger partial charge in [0.1, 0.15) is 6.29 Å². The van der Waals surface area contributed by atoms with Crippen molar-refractivity contribution in [1.29, 1.82) is 0 Å². The molecule has 0 saturated carbocycles. The number of nitrogens with zero attached hydrogens (tertiary/aromatic N) is 1. The van der Waals surface area contributed by atoms with Crippen molar-refractivity contribution in [1.82, 2.24) is 0 Å². The van der Waals surface area contributed by atoms with Crippen molar-refractivity contribution in [3.05, 3.63) is 26.1 Å². The molecule has 0 spiro atoms. The van der Waals surface area contributed by atoms with Crippen LogP contribution in [0.4, 0.5) is 0 Å². The molecule has 4 nitrogen and oxygen atoms in total. The zero-order valence-electron chi connectivity index (χ0n) is 9.86. The lowest BCUT2D eigenvalue weighted by molar-refractivity contribution is -0.120. The molecule has 0 aliphatic carbocycles. The molecule has 0 aromatic rings. The number of unbranched alkanes of at least 4 members (excludes halogenated alkanes) is 2. The van der Waals surface area contributed by atoms with E-state index >= 15 is 0 Å². The van der Waals surface area contributed by atoms with E-state index in [4.69, 9.17) is 5.73 Å². The highest BCUT2D eigenvalue weighted by Crippen LogP contribution is 2.02. The van der Waals surface area contributed by atoms with E-state index in [1.165, 1.54) is 6.42 Å². The summed E-state index contributed by atoms with van der Waals surface area (Å²) in [4.78, 5) is 20.5. The van der Waals surface area contributed by atoms with Crippen LogP contribution in [0.1, 0.15) is 32.1 Å². The van der Waals surface area contributed by atoms with Crippen molar-refractivity contribution in [3.8, 4) is 0 Å². The van der Waals surface area contributed by atoms with E-state index in [9.17, 15) is 9.59 Å². The van der Waals surface area contributed by atoms with Gasteiger partial charge >= 0.3 is 0 Å². The van der Waals surface area contributed by atoms with Gasteiger partial charge < -0.3 is 22.8 Å². The Labute approximate surface area is 99.0 Å². The van der Waals surface area contributed by atoms with Gasteiger partial charge in [-0.1, -0.05) is 6.04 Å². The quantitative estimate of drug-likeness (QED) is 0.506. The molecule has 16 heavy (non-hydrogen) atoms. The van der Waals surface area contributed by atoms with Crippen LogP contribution in [0.5, 0.6) is 0 Å². The maximum atomic E-state index is 10.3. The maximum Gasteiger partial charge on any atom is 0.216 e. The normalized spacial score (nSPS) is 11.1. The fourth-order valence-corrected chi connectivity index (χ4v) is 0.796. The third-order valence-corrected chi connectivity index (χ3v) is 1.59. The van der Waals surface area contributed by atoms with Gasteiger partial charge in [-0.25, -0.2) is 0 Å². The highest BCUT2D eigenvalue weighted by atomic mass is 16.1. The Morgan fingerprint density at radius 1 is 1.44 bits per heavy atom. The molecular weight excluding hydrogens is 204 g/mol. The van der Waals surface area contributed by atoms with Gasteiger partial charge in [0.2, 0.25) is 5.91 Å². The van der Waals surface area contributed by atoms with Gasteiger partial charge in [0.05, 0.1) is 26.7 Å². The average Bonchev–Trinajstić information content (AvgIpc) is 2.25. The number of amides is 1. The first-order valence-electron chi connectivity index (χ1n) is 5.40. The van der Waals surface area contributed by atoms with Crippen molar-refractivity contribution >= 4 is 12.2 Å². The van der Waals surface area contributed by atoms with E-state index in [1.807, 2.05) is 0 Å². The molecule has 0 aliphatic rings. The lowest BCUT2D eigenvalue weighted by atomic mass is 10.2. The van der Waals surface area contributed by atoms with Gasteiger partial charge in [-0.3, -0.25) is 4.79 Å². The molecule has 2 N–H and O–H groups in total. The van der Waals surface area contributed by atoms with Gasteiger partial charge in [-0.05, 0) is 6.42 Å². The minimum atomic E-state index is -0.575. The Kier molecular flexibility index (Phi) is 14.9. The minimum Gasteiger partial charge on any atom is -0.650 e. The van der Waals surface area contributed by atoms with E-state index in [1.54, 1.807) is 0 Å². The lowest BCUT2D eigenvalue weighted by Crippen LogP contribution is -2.21. The molecule has 0 rings (SSSR count). The summed E-state index contributed by atoms with van der Waals surface area (Å²) in [6.45, 7) is 11.3. The number of rotatable bonds is 8. The summed E-state index contributed by atoms with van der Waals surface area (Å²) in [6.07, 6.45) is 4.49. The van der Waals surface area contributed by atoms with E-state index in [0.717, 1.165) is 12.8 Å². The largest absolute Gasteiger partial charge is 0.650 e. The molecule has 0 heterocycles. The third-order valence-electron chi connectivity index (χ3n) is 1.59. The molecule has 0 aliphatic heterocycles. The van der Waals surface area contributed by atoms with Crippen molar-refractivity contribution in [2.45, 2.75) is 38.1 Å². The molecular formula is C12H22N2O2. The molecule has 1 amide bonds. The van der Waals surface area contributed by atoms with Crippen molar-refractivity contribution in [2.75, 3.05) is 6.54 Å². The van der Waals surface area contributed by atoms with E-state index in [0.29, 0.717) is 19.3 Å². The van der Waals surface area contributed by atoms with Crippen LogP contribution in [0.25, 0.3) is 5.32 Å².